The normalized spacial score (nSPS) is 12.5. The zero-order valence-electron chi connectivity index (χ0n) is 29.0. The van der Waals surface area contributed by atoms with Crippen LogP contribution in [-0.2, 0) is 20.2 Å². The molecule has 6 rings (SSSR count). The van der Waals surface area contributed by atoms with Gasteiger partial charge in [0.25, 0.3) is 26.1 Å². The molecular formula is C35H31N9O9S2. The fourth-order valence-corrected chi connectivity index (χ4v) is 6.57. The summed E-state index contributed by atoms with van der Waals surface area (Å²) in [5, 5.41) is 36.3. The van der Waals surface area contributed by atoms with Gasteiger partial charge < -0.3 is 15.6 Å². The molecule has 20 heteroatoms. The van der Waals surface area contributed by atoms with Crippen molar-refractivity contribution in [2.45, 2.75) is 25.2 Å². The molecule has 282 valence electrons. The number of aryl methyl sites for hydroxylation is 1. The van der Waals surface area contributed by atoms with Gasteiger partial charge in [-0.2, -0.15) is 32.2 Å². The lowest BCUT2D eigenvalue weighted by molar-refractivity contribution is 0.100. The lowest BCUT2D eigenvalue weighted by atomic mass is 10.1. The molecule has 5 N–H and O–H groups in total. The third-order valence-electron chi connectivity index (χ3n) is 8.05. The van der Waals surface area contributed by atoms with E-state index in [0.29, 0.717) is 22.3 Å². The number of para-hydroxylation sites is 2. The van der Waals surface area contributed by atoms with Crippen molar-refractivity contribution in [3.8, 4) is 11.6 Å². The standard InChI is InChI=1S/C35H31N9O9S2/c1-20-17-27(42-43-32-21(2)31(33(36)45)34-37-24-11-6-7-12-28(24)44(34)35(32)46)29(53-15-8-16-54(47,48)49)19-26(20)41-40-25-14-13-23(18-30(25)55(50,51)52)39-38-22-9-4-3-5-10-22/h3-7,9-14,17-19,46H,8,15-16H2,1-2H3,(H2,36,45)(H,47,48,49)(H,50,51,52). The molecule has 0 aliphatic heterocycles. The number of azo groups is 3. The highest BCUT2D eigenvalue weighted by atomic mass is 32.2. The second-order valence-electron chi connectivity index (χ2n) is 12.0. The van der Waals surface area contributed by atoms with Crippen molar-refractivity contribution >= 4 is 76.9 Å². The minimum atomic E-state index is -4.80. The number of imidazole rings is 1. The Morgan fingerprint density at radius 2 is 1.47 bits per heavy atom. The van der Waals surface area contributed by atoms with E-state index < -0.39 is 36.8 Å². The molecule has 0 spiro atoms. The van der Waals surface area contributed by atoms with Gasteiger partial charge in [-0.25, -0.2) is 4.98 Å². The molecule has 18 nitrogen and oxygen atoms in total. The van der Waals surface area contributed by atoms with Crippen LogP contribution >= 0.6 is 0 Å². The number of nitrogens with zero attached hydrogens (tertiary/aromatic N) is 8. The van der Waals surface area contributed by atoms with Gasteiger partial charge in [0, 0.05) is 6.07 Å². The quantitative estimate of drug-likeness (QED) is 0.0496. The topological polar surface area (TPSA) is 273 Å². The van der Waals surface area contributed by atoms with Gasteiger partial charge in [0.2, 0.25) is 5.88 Å². The number of benzene rings is 4. The summed E-state index contributed by atoms with van der Waals surface area (Å²) in [5.41, 5.74) is 7.99. The molecular weight excluding hydrogens is 755 g/mol. The maximum Gasteiger partial charge on any atom is 0.296 e. The van der Waals surface area contributed by atoms with Crippen molar-refractivity contribution in [1.29, 1.82) is 0 Å². The minimum Gasteiger partial charge on any atom is -0.493 e. The van der Waals surface area contributed by atoms with Crippen LogP contribution in [0.3, 0.4) is 0 Å². The van der Waals surface area contributed by atoms with E-state index in [2.05, 4.69) is 35.7 Å². The molecule has 0 bridgehead atoms. The van der Waals surface area contributed by atoms with Crippen LogP contribution in [0.15, 0.2) is 121 Å². The number of nitrogens with two attached hydrogens (primary N) is 1. The van der Waals surface area contributed by atoms with E-state index in [-0.39, 0.29) is 69.9 Å². The number of aromatic nitrogens is 2. The third-order valence-corrected chi connectivity index (χ3v) is 9.74. The Morgan fingerprint density at radius 1 is 0.800 bits per heavy atom. The van der Waals surface area contributed by atoms with Crippen molar-refractivity contribution in [3.63, 3.8) is 0 Å². The predicted octanol–water partition coefficient (Wildman–Crippen LogP) is 8.06. The zero-order valence-corrected chi connectivity index (χ0v) is 30.6. The van der Waals surface area contributed by atoms with Crippen LogP contribution in [0.25, 0.3) is 16.7 Å². The van der Waals surface area contributed by atoms with Crippen molar-refractivity contribution in [3.05, 3.63) is 102 Å². The lowest BCUT2D eigenvalue weighted by Gasteiger charge is -2.12. The summed E-state index contributed by atoms with van der Waals surface area (Å²) in [6, 6.07) is 22.2. The first-order valence-corrected chi connectivity index (χ1v) is 19.2. The molecule has 0 fully saturated rings. The first-order valence-electron chi connectivity index (χ1n) is 16.2. The lowest BCUT2D eigenvalue weighted by Crippen LogP contribution is -2.15. The number of pyridine rings is 1. The number of hydrogen-bond acceptors (Lipinski definition) is 14. The van der Waals surface area contributed by atoms with Crippen LogP contribution in [0.5, 0.6) is 11.6 Å². The zero-order chi connectivity index (χ0) is 39.5. The summed E-state index contributed by atoms with van der Waals surface area (Å²) in [4.78, 5) is 16.5. The Kier molecular flexibility index (Phi) is 10.8. The van der Waals surface area contributed by atoms with E-state index >= 15 is 0 Å². The third kappa shape index (κ3) is 8.68. The first-order chi connectivity index (χ1) is 26.1. The molecule has 0 aliphatic carbocycles. The van der Waals surface area contributed by atoms with Crippen LogP contribution in [0, 0.1) is 13.8 Å². The van der Waals surface area contributed by atoms with E-state index in [1.807, 2.05) is 0 Å². The van der Waals surface area contributed by atoms with Crippen molar-refractivity contribution in [2.75, 3.05) is 12.4 Å². The number of rotatable bonds is 13. The number of fused-ring (bicyclic) bond motifs is 3. The number of carbonyl (C=O) groups is 1. The molecule has 55 heavy (non-hydrogen) atoms. The van der Waals surface area contributed by atoms with E-state index in [1.54, 1.807) is 61.5 Å². The summed E-state index contributed by atoms with van der Waals surface area (Å²) in [6.45, 7) is 2.94. The largest absolute Gasteiger partial charge is 0.493 e. The highest BCUT2D eigenvalue weighted by molar-refractivity contribution is 7.86. The minimum absolute atomic E-state index is 0.00624. The number of aromatic hydroxyl groups is 1. The predicted molar refractivity (Wildman–Crippen MR) is 201 cm³/mol. The molecule has 0 atom stereocenters. The Balaban J connectivity index is 1.39. The SMILES string of the molecule is Cc1cc(N=Nc2c(C)c(C(N)=O)c3nc4ccccc4n3c2O)c(OCCCS(=O)(=O)O)cc1N=Nc1ccc(N=Nc2ccccc2)cc1S(=O)(=O)O. The van der Waals surface area contributed by atoms with Crippen molar-refractivity contribution in [2.24, 2.45) is 36.4 Å². The van der Waals surface area contributed by atoms with Gasteiger partial charge in [-0.15, -0.1) is 15.3 Å². The van der Waals surface area contributed by atoms with Gasteiger partial charge >= 0.3 is 0 Å². The van der Waals surface area contributed by atoms with Gasteiger partial charge in [0.05, 0.1) is 46.0 Å². The van der Waals surface area contributed by atoms with E-state index in [9.17, 15) is 35.8 Å². The Bertz CT molecular complexity index is 2790. The summed E-state index contributed by atoms with van der Waals surface area (Å²) in [6.07, 6.45) is -0.113. The molecule has 2 heterocycles. The van der Waals surface area contributed by atoms with Crippen molar-refractivity contribution < 1.29 is 40.6 Å². The fourth-order valence-electron chi connectivity index (χ4n) is 5.45. The van der Waals surface area contributed by atoms with E-state index in [0.717, 1.165) is 6.07 Å². The summed E-state index contributed by atoms with van der Waals surface area (Å²) in [5.74, 6) is -1.78. The van der Waals surface area contributed by atoms with Crippen LogP contribution in [0.2, 0.25) is 0 Å². The molecule has 0 radical (unpaired) electrons. The van der Waals surface area contributed by atoms with Gasteiger partial charge in [0.15, 0.2) is 5.65 Å². The molecule has 0 aliphatic rings. The summed E-state index contributed by atoms with van der Waals surface area (Å²) < 4.78 is 73.6. The second-order valence-corrected chi connectivity index (χ2v) is 14.9. The maximum atomic E-state index is 12.6. The number of hydrogen-bond donors (Lipinski definition) is 4. The molecule has 2 aromatic heterocycles. The average Bonchev–Trinajstić information content (AvgIpc) is 3.51. The van der Waals surface area contributed by atoms with Gasteiger partial charge in [0.1, 0.15) is 27.7 Å². The molecule has 1 amide bonds. The monoisotopic (exact) mass is 785 g/mol. The first kappa shape index (κ1) is 38.3. The highest BCUT2D eigenvalue weighted by Gasteiger charge is 2.24. The molecule has 0 saturated heterocycles. The number of primary amides is 1. The molecule has 6 aromatic rings. The molecule has 4 aromatic carbocycles. The highest BCUT2D eigenvalue weighted by Crippen LogP contribution is 2.41. The second kappa shape index (κ2) is 15.5. The summed E-state index contributed by atoms with van der Waals surface area (Å²) >= 11 is 0. The maximum absolute atomic E-state index is 12.6. The number of amides is 1. The van der Waals surface area contributed by atoms with E-state index in [1.165, 1.54) is 35.6 Å². The average molecular weight is 786 g/mol. The Hall–Kier alpha value is -6.48. The van der Waals surface area contributed by atoms with Crippen LogP contribution < -0.4 is 10.5 Å². The number of carbonyl (C=O) groups excluding carboxylic acids is 1. The number of ether oxygens (including phenoxy) is 1. The van der Waals surface area contributed by atoms with Gasteiger partial charge in [-0.05, 0) is 79.9 Å². The Labute approximate surface area is 313 Å². The Morgan fingerprint density at radius 3 is 2.18 bits per heavy atom. The fraction of sp³-hybridized carbons (Fsp3) is 0.143. The van der Waals surface area contributed by atoms with E-state index in [4.69, 9.17) is 10.5 Å². The van der Waals surface area contributed by atoms with Crippen LogP contribution in [0.1, 0.15) is 27.9 Å². The smallest absolute Gasteiger partial charge is 0.296 e. The van der Waals surface area contributed by atoms with Crippen LogP contribution in [-0.4, -0.2) is 58.7 Å². The summed E-state index contributed by atoms with van der Waals surface area (Å²) in [7, 11) is -9.09. The van der Waals surface area contributed by atoms with Crippen LogP contribution in [0.4, 0.5) is 34.1 Å². The van der Waals surface area contributed by atoms with Crippen molar-refractivity contribution in [1.82, 2.24) is 9.38 Å². The van der Waals surface area contributed by atoms with Gasteiger partial charge in [-0.3, -0.25) is 18.3 Å². The molecule has 0 saturated carbocycles. The molecule has 0 unspecified atom stereocenters. The van der Waals surface area contributed by atoms with Gasteiger partial charge in [-0.1, -0.05) is 30.3 Å².